The van der Waals surface area contributed by atoms with Gasteiger partial charge >= 0.3 is 6.09 Å². The third kappa shape index (κ3) is 3.35. The molecule has 0 aliphatic heterocycles. The summed E-state index contributed by atoms with van der Waals surface area (Å²) in [4.78, 5) is 25.6. The van der Waals surface area contributed by atoms with Gasteiger partial charge in [-0.15, -0.1) is 0 Å². The zero-order chi connectivity index (χ0) is 20.2. The van der Waals surface area contributed by atoms with E-state index in [1.807, 2.05) is 26.8 Å². The molecule has 4 aromatic heterocycles. The van der Waals surface area contributed by atoms with Gasteiger partial charge in [-0.1, -0.05) is 0 Å². The lowest BCUT2D eigenvalue weighted by Gasteiger charge is -2.19. The number of aromatic nitrogens is 6. The van der Waals surface area contributed by atoms with Gasteiger partial charge in [-0.05, 0) is 54.4 Å². The first kappa shape index (κ1) is 18.8. The molecule has 4 rings (SSSR count). The average Bonchev–Trinajstić information content (AvgIpc) is 3.12. The summed E-state index contributed by atoms with van der Waals surface area (Å²) in [6, 6.07) is 1.82. The predicted octanol–water partition coefficient (Wildman–Crippen LogP) is 4.58. The Morgan fingerprint density at radius 2 is 2.00 bits per heavy atom. The van der Waals surface area contributed by atoms with Crippen LogP contribution in [0.5, 0.6) is 0 Å². The van der Waals surface area contributed by atoms with Crippen molar-refractivity contribution in [2.24, 2.45) is 7.05 Å². The van der Waals surface area contributed by atoms with Crippen LogP contribution in [0.4, 0.5) is 4.79 Å². The van der Waals surface area contributed by atoms with E-state index in [2.05, 4.69) is 36.0 Å². The number of pyridine rings is 1. The topological polar surface area (TPSA) is 87.7 Å². The fraction of sp³-hybridized carbons (Fsp3) is 0.278. The van der Waals surface area contributed by atoms with Crippen LogP contribution in [-0.2, 0) is 11.8 Å². The Balaban J connectivity index is 2.01. The van der Waals surface area contributed by atoms with Crippen molar-refractivity contribution in [3.63, 3.8) is 0 Å². The fourth-order valence-electron chi connectivity index (χ4n) is 2.93. The van der Waals surface area contributed by atoms with E-state index in [4.69, 9.17) is 16.3 Å². The number of carbonyl (C=O) groups is 1. The second-order valence-corrected chi connectivity index (χ2v) is 8.45. The van der Waals surface area contributed by atoms with Crippen LogP contribution >= 0.6 is 27.5 Å². The van der Waals surface area contributed by atoms with Gasteiger partial charge in [0.15, 0.2) is 0 Å². The van der Waals surface area contributed by atoms with Crippen molar-refractivity contribution < 1.29 is 9.53 Å². The van der Waals surface area contributed by atoms with Gasteiger partial charge in [0, 0.05) is 24.2 Å². The summed E-state index contributed by atoms with van der Waals surface area (Å²) in [7, 11) is 1.80. The maximum atomic E-state index is 12.8. The molecule has 4 heterocycles. The molecule has 0 N–H and O–H groups in total. The van der Waals surface area contributed by atoms with E-state index in [1.165, 1.54) is 4.57 Å². The normalized spacial score (nSPS) is 12.1. The van der Waals surface area contributed by atoms with Crippen LogP contribution < -0.4 is 0 Å². The summed E-state index contributed by atoms with van der Waals surface area (Å²) in [5.41, 5.74) is 2.36. The van der Waals surface area contributed by atoms with Crippen LogP contribution in [0.25, 0.3) is 33.2 Å². The average molecular weight is 464 g/mol. The summed E-state index contributed by atoms with van der Waals surface area (Å²) >= 11 is 9.53. The molecule has 10 heteroatoms. The summed E-state index contributed by atoms with van der Waals surface area (Å²) in [5, 5.41) is 5.31. The Hall–Kier alpha value is -2.52. The first-order chi connectivity index (χ1) is 13.1. The van der Waals surface area contributed by atoms with Gasteiger partial charge in [-0.2, -0.15) is 5.10 Å². The number of hydrogen-bond donors (Lipinski definition) is 0. The molecule has 0 fully saturated rings. The van der Waals surface area contributed by atoms with Crippen LogP contribution in [0.2, 0.25) is 5.28 Å². The van der Waals surface area contributed by atoms with E-state index in [0.29, 0.717) is 32.4 Å². The SMILES string of the molecule is Cn1cc2nc(Cl)nc(-c3cn(C(=O)OC(C)(C)C)c4cnc(Br)cc34)c2n1. The van der Waals surface area contributed by atoms with E-state index in [0.717, 1.165) is 5.39 Å². The molecule has 144 valence electrons. The van der Waals surface area contributed by atoms with E-state index < -0.39 is 11.7 Å². The second-order valence-electron chi connectivity index (χ2n) is 7.30. The smallest absolute Gasteiger partial charge is 0.419 e. The van der Waals surface area contributed by atoms with Crippen LogP contribution in [0.3, 0.4) is 0 Å². The minimum atomic E-state index is -0.636. The Bertz CT molecular complexity index is 1240. The number of hydrogen-bond acceptors (Lipinski definition) is 6. The summed E-state index contributed by atoms with van der Waals surface area (Å²) in [6.07, 6.45) is 4.52. The molecule has 0 saturated heterocycles. The highest BCUT2D eigenvalue weighted by Crippen LogP contribution is 2.34. The zero-order valence-electron chi connectivity index (χ0n) is 15.6. The Morgan fingerprint density at radius 3 is 2.71 bits per heavy atom. The van der Waals surface area contributed by atoms with Gasteiger partial charge < -0.3 is 4.74 Å². The number of carbonyl (C=O) groups excluding carboxylic acids is 1. The van der Waals surface area contributed by atoms with E-state index in [9.17, 15) is 4.79 Å². The monoisotopic (exact) mass is 462 g/mol. The Labute approximate surface area is 173 Å². The standard InChI is InChI=1S/C18H16BrClN6O2/c1-18(2,3)28-17(27)26-7-10(9-5-13(19)21-6-12(9)26)14-15-11(8-25(4)24-15)22-16(20)23-14/h5-8H,1-4H3. The molecule has 0 unspecified atom stereocenters. The zero-order valence-corrected chi connectivity index (χ0v) is 17.9. The minimum Gasteiger partial charge on any atom is -0.443 e. The third-order valence-corrected chi connectivity index (χ3v) is 4.56. The lowest BCUT2D eigenvalue weighted by molar-refractivity contribution is 0.0544. The van der Waals surface area contributed by atoms with Crippen molar-refractivity contribution in [3.8, 4) is 11.3 Å². The molecule has 0 aliphatic carbocycles. The van der Waals surface area contributed by atoms with Gasteiger partial charge in [-0.25, -0.2) is 19.7 Å². The van der Waals surface area contributed by atoms with Crippen LogP contribution in [0.1, 0.15) is 20.8 Å². The molecule has 0 spiro atoms. The van der Waals surface area contributed by atoms with Gasteiger partial charge in [0.05, 0.1) is 17.9 Å². The van der Waals surface area contributed by atoms with Gasteiger partial charge in [0.2, 0.25) is 5.28 Å². The molecule has 0 radical (unpaired) electrons. The quantitative estimate of drug-likeness (QED) is 0.303. The van der Waals surface area contributed by atoms with Gasteiger partial charge in [0.25, 0.3) is 0 Å². The molecule has 0 atom stereocenters. The van der Waals surface area contributed by atoms with E-state index in [-0.39, 0.29) is 5.28 Å². The van der Waals surface area contributed by atoms with Crippen LogP contribution in [0.15, 0.2) is 29.3 Å². The molecule has 0 aliphatic rings. The van der Waals surface area contributed by atoms with Crippen molar-refractivity contribution in [3.05, 3.63) is 34.5 Å². The van der Waals surface area contributed by atoms with Crippen LogP contribution in [-0.4, -0.2) is 41.0 Å². The van der Waals surface area contributed by atoms with Gasteiger partial charge in [-0.3, -0.25) is 9.25 Å². The maximum Gasteiger partial charge on any atom is 0.419 e. The first-order valence-electron chi connectivity index (χ1n) is 8.39. The number of rotatable bonds is 1. The second kappa shape index (κ2) is 6.52. The molecule has 0 amide bonds. The molecular formula is C18H16BrClN6O2. The van der Waals surface area contributed by atoms with Crippen molar-refractivity contribution >= 4 is 55.6 Å². The van der Waals surface area contributed by atoms with Crippen molar-refractivity contribution in [1.29, 1.82) is 0 Å². The number of nitrogens with zero attached hydrogens (tertiary/aromatic N) is 6. The summed E-state index contributed by atoms with van der Waals surface area (Å²) in [6.45, 7) is 5.44. The minimum absolute atomic E-state index is 0.0989. The van der Waals surface area contributed by atoms with E-state index >= 15 is 0 Å². The highest BCUT2D eigenvalue weighted by molar-refractivity contribution is 9.10. The molecule has 28 heavy (non-hydrogen) atoms. The fourth-order valence-corrected chi connectivity index (χ4v) is 3.44. The number of halogens is 2. The molecule has 4 aromatic rings. The lowest BCUT2D eigenvalue weighted by Crippen LogP contribution is -2.26. The molecule has 0 saturated carbocycles. The van der Waals surface area contributed by atoms with E-state index in [1.54, 1.807) is 30.3 Å². The number of fused-ring (bicyclic) bond motifs is 2. The van der Waals surface area contributed by atoms with Crippen molar-refractivity contribution in [1.82, 2.24) is 29.3 Å². The number of aryl methyl sites for hydroxylation is 1. The van der Waals surface area contributed by atoms with Crippen molar-refractivity contribution in [2.75, 3.05) is 0 Å². The lowest BCUT2D eigenvalue weighted by atomic mass is 10.1. The molecule has 8 nitrogen and oxygen atoms in total. The first-order valence-corrected chi connectivity index (χ1v) is 9.57. The molecule has 0 aromatic carbocycles. The third-order valence-electron chi connectivity index (χ3n) is 3.95. The Kier molecular flexibility index (Phi) is 4.39. The summed E-state index contributed by atoms with van der Waals surface area (Å²) in [5.74, 6) is 0. The largest absolute Gasteiger partial charge is 0.443 e. The molecule has 0 bridgehead atoms. The number of ether oxygens (including phenoxy) is 1. The summed E-state index contributed by atoms with van der Waals surface area (Å²) < 4.78 is 9.22. The highest BCUT2D eigenvalue weighted by Gasteiger charge is 2.24. The van der Waals surface area contributed by atoms with Crippen LogP contribution in [0, 0.1) is 0 Å². The molecular weight excluding hydrogens is 448 g/mol. The predicted molar refractivity (Wildman–Crippen MR) is 109 cm³/mol. The Morgan fingerprint density at radius 1 is 1.25 bits per heavy atom. The maximum absolute atomic E-state index is 12.8. The van der Waals surface area contributed by atoms with Crippen molar-refractivity contribution in [2.45, 2.75) is 26.4 Å². The van der Waals surface area contributed by atoms with Gasteiger partial charge in [0.1, 0.15) is 26.9 Å². The highest BCUT2D eigenvalue weighted by atomic mass is 79.9.